The highest BCUT2D eigenvalue weighted by Crippen LogP contribution is 2.20. The number of hydrogen-bond acceptors (Lipinski definition) is 7. The van der Waals surface area contributed by atoms with Gasteiger partial charge >= 0.3 is 5.97 Å². The molecular weight excluding hydrogens is 528 g/mol. The molecule has 2 heterocycles. The number of H-pyrrole nitrogens is 1. The normalized spacial score (nSPS) is 16.9. The van der Waals surface area contributed by atoms with E-state index in [4.69, 9.17) is 5.73 Å². The topological polar surface area (TPSA) is 191 Å². The number of carbonyl (C=O) groups excluding carboxylic acids is 3. The van der Waals surface area contributed by atoms with Crippen molar-refractivity contribution in [3.05, 3.63) is 83.9 Å². The predicted molar refractivity (Wildman–Crippen MR) is 148 cm³/mol. The number of carboxylic acids is 1. The summed E-state index contributed by atoms with van der Waals surface area (Å²) in [4.78, 5) is 60.2. The maximum absolute atomic E-state index is 13.7. The van der Waals surface area contributed by atoms with Gasteiger partial charge < -0.3 is 36.5 Å². The van der Waals surface area contributed by atoms with Crippen LogP contribution in [0.5, 0.6) is 5.75 Å². The average molecular weight is 563 g/mol. The van der Waals surface area contributed by atoms with Crippen LogP contribution >= 0.6 is 0 Å². The third kappa shape index (κ3) is 7.92. The molecule has 3 aromatic rings. The number of benzene rings is 2. The van der Waals surface area contributed by atoms with Gasteiger partial charge in [-0.05, 0) is 42.5 Å². The Balaban J connectivity index is 1.54. The zero-order valence-electron chi connectivity index (χ0n) is 22.4. The predicted octanol–water partition coefficient (Wildman–Crippen LogP) is 0.516. The summed E-state index contributed by atoms with van der Waals surface area (Å²) in [6, 6.07) is 11.3. The van der Waals surface area contributed by atoms with Crippen molar-refractivity contribution in [3.63, 3.8) is 0 Å². The number of carboxylic acid groups (broad SMARTS) is 1. The van der Waals surface area contributed by atoms with Crippen LogP contribution in [0.4, 0.5) is 0 Å². The van der Waals surface area contributed by atoms with Crippen LogP contribution in [0.2, 0.25) is 0 Å². The van der Waals surface area contributed by atoms with Gasteiger partial charge in [-0.25, -0.2) is 9.78 Å². The van der Waals surface area contributed by atoms with Crippen LogP contribution in [0.15, 0.2) is 67.1 Å². The summed E-state index contributed by atoms with van der Waals surface area (Å²) in [5.74, 6) is -2.77. The summed E-state index contributed by atoms with van der Waals surface area (Å²) in [5.41, 5.74) is 8.26. The molecule has 4 atom stereocenters. The fourth-order valence-electron chi connectivity index (χ4n) is 4.89. The quantitative estimate of drug-likeness (QED) is 0.184. The van der Waals surface area contributed by atoms with Crippen molar-refractivity contribution in [1.29, 1.82) is 0 Å². The van der Waals surface area contributed by atoms with Crippen molar-refractivity contribution < 1.29 is 29.4 Å². The lowest BCUT2D eigenvalue weighted by atomic mass is 10.0. The summed E-state index contributed by atoms with van der Waals surface area (Å²) >= 11 is 0. The number of aromatic nitrogens is 2. The highest BCUT2D eigenvalue weighted by atomic mass is 16.4. The van der Waals surface area contributed by atoms with E-state index in [-0.39, 0.29) is 31.6 Å². The fraction of sp³-hybridized carbons (Fsp3) is 0.345. The average Bonchev–Trinajstić information content (AvgIpc) is 3.66. The smallest absolute Gasteiger partial charge is 0.326 e. The molecule has 2 aromatic carbocycles. The van der Waals surface area contributed by atoms with Crippen molar-refractivity contribution in [2.75, 3.05) is 6.54 Å². The molecule has 41 heavy (non-hydrogen) atoms. The number of phenolic OH excluding ortho intramolecular Hbond substituents is 1. The molecule has 1 aliphatic heterocycles. The van der Waals surface area contributed by atoms with E-state index >= 15 is 0 Å². The van der Waals surface area contributed by atoms with Crippen LogP contribution < -0.4 is 16.4 Å². The maximum Gasteiger partial charge on any atom is 0.326 e. The van der Waals surface area contributed by atoms with Gasteiger partial charge in [0, 0.05) is 31.3 Å². The van der Waals surface area contributed by atoms with Gasteiger partial charge in [0.1, 0.15) is 23.9 Å². The molecule has 12 heteroatoms. The van der Waals surface area contributed by atoms with Gasteiger partial charge in [-0.2, -0.15) is 0 Å². The number of carbonyl (C=O) groups is 4. The van der Waals surface area contributed by atoms with Crippen molar-refractivity contribution >= 4 is 23.7 Å². The van der Waals surface area contributed by atoms with Crippen LogP contribution in [0, 0.1) is 0 Å². The molecule has 216 valence electrons. The number of nitrogens with zero attached hydrogens (tertiary/aromatic N) is 2. The number of nitrogens with two attached hydrogens (primary N) is 1. The highest BCUT2D eigenvalue weighted by Gasteiger charge is 2.38. The van der Waals surface area contributed by atoms with E-state index in [1.807, 2.05) is 30.3 Å². The number of imidazole rings is 1. The zero-order valence-corrected chi connectivity index (χ0v) is 22.4. The molecule has 0 spiro atoms. The number of rotatable bonds is 12. The van der Waals surface area contributed by atoms with E-state index in [0.717, 1.165) is 5.56 Å². The van der Waals surface area contributed by atoms with Crippen LogP contribution in [0.3, 0.4) is 0 Å². The first-order chi connectivity index (χ1) is 19.7. The molecule has 4 unspecified atom stereocenters. The highest BCUT2D eigenvalue weighted by molar-refractivity contribution is 5.94. The first-order valence-corrected chi connectivity index (χ1v) is 13.4. The monoisotopic (exact) mass is 562 g/mol. The number of aromatic amines is 1. The van der Waals surface area contributed by atoms with Gasteiger partial charge in [-0.15, -0.1) is 0 Å². The molecule has 3 amide bonds. The third-order valence-corrected chi connectivity index (χ3v) is 7.06. The van der Waals surface area contributed by atoms with Crippen LogP contribution in [0.1, 0.15) is 29.7 Å². The van der Waals surface area contributed by atoms with E-state index in [1.165, 1.54) is 29.6 Å². The van der Waals surface area contributed by atoms with Gasteiger partial charge in [0.2, 0.25) is 17.7 Å². The summed E-state index contributed by atoms with van der Waals surface area (Å²) in [6.07, 6.45) is 4.17. The lowest BCUT2D eigenvalue weighted by Gasteiger charge is -2.29. The van der Waals surface area contributed by atoms with E-state index < -0.39 is 47.9 Å². The van der Waals surface area contributed by atoms with Crippen LogP contribution in [-0.4, -0.2) is 79.5 Å². The number of aliphatic carboxylic acids is 1. The van der Waals surface area contributed by atoms with E-state index in [9.17, 15) is 29.4 Å². The summed E-state index contributed by atoms with van der Waals surface area (Å²) in [7, 11) is 0. The first-order valence-electron chi connectivity index (χ1n) is 13.4. The molecule has 12 nitrogen and oxygen atoms in total. The largest absolute Gasteiger partial charge is 0.508 e. The van der Waals surface area contributed by atoms with Gasteiger partial charge in [0.25, 0.3) is 0 Å². The molecule has 1 aromatic heterocycles. The minimum atomic E-state index is -1.11. The van der Waals surface area contributed by atoms with Crippen LogP contribution in [-0.2, 0) is 38.4 Å². The van der Waals surface area contributed by atoms with Crippen molar-refractivity contribution in [2.24, 2.45) is 5.73 Å². The minimum absolute atomic E-state index is 0.0425. The van der Waals surface area contributed by atoms with Gasteiger partial charge in [-0.1, -0.05) is 42.5 Å². The molecule has 1 saturated heterocycles. The Morgan fingerprint density at radius 3 is 2.29 bits per heavy atom. The number of nitrogens with one attached hydrogen (secondary N) is 3. The zero-order chi connectivity index (χ0) is 29.4. The minimum Gasteiger partial charge on any atom is -0.508 e. The van der Waals surface area contributed by atoms with E-state index in [2.05, 4.69) is 20.6 Å². The second kappa shape index (κ2) is 13.6. The lowest BCUT2D eigenvalue weighted by Crippen LogP contribution is -2.58. The number of aromatic hydroxyl groups is 1. The first kappa shape index (κ1) is 29.3. The second-order valence-electron chi connectivity index (χ2n) is 10.1. The summed E-state index contributed by atoms with van der Waals surface area (Å²) < 4.78 is 0. The van der Waals surface area contributed by atoms with Gasteiger partial charge in [-0.3, -0.25) is 14.4 Å². The molecule has 4 rings (SSSR count). The number of likely N-dealkylation sites (tertiary alicyclic amines) is 1. The Morgan fingerprint density at radius 1 is 0.951 bits per heavy atom. The number of phenols is 1. The fourth-order valence-corrected chi connectivity index (χ4v) is 4.89. The molecule has 0 radical (unpaired) electrons. The van der Waals surface area contributed by atoms with Crippen molar-refractivity contribution in [2.45, 2.75) is 56.3 Å². The van der Waals surface area contributed by atoms with E-state index in [0.29, 0.717) is 24.1 Å². The van der Waals surface area contributed by atoms with Crippen molar-refractivity contribution in [1.82, 2.24) is 25.5 Å². The van der Waals surface area contributed by atoms with Crippen LogP contribution in [0.25, 0.3) is 0 Å². The number of hydrogen-bond donors (Lipinski definition) is 6. The van der Waals surface area contributed by atoms with Gasteiger partial charge in [0.05, 0.1) is 12.4 Å². The Labute approximate surface area is 237 Å². The molecule has 7 N–H and O–H groups in total. The third-order valence-electron chi connectivity index (χ3n) is 7.06. The van der Waals surface area contributed by atoms with E-state index in [1.54, 1.807) is 12.1 Å². The van der Waals surface area contributed by atoms with Gasteiger partial charge in [0.15, 0.2) is 0 Å². The molecule has 0 saturated carbocycles. The molecule has 1 fully saturated rings. The molecular formula is C29H34N6O6. The Kier molecular flexibility index (Phi) is 9.69. The summed E-state index contributed by atoms with van der Waals surface area (Å²) in [5, 5.41) is 24.7. The second-order valence-corrected chi connectivity index (χ2v) is 10.1. The Hall–Kier alpha value is -4.71. The SMILES string of the molecule is NC(Cc1ccccc1)C(=O)NC(Cc1ccc(O)cc1)C(=O)NC(Cc1cnc[nH]1)C(=O)N1CCCC1C(=O)O. The number of amides is 3. The standard InChI is InChI=1S/C29H34N6O6/c30-22(13-18-5-2-1-3-6-18)26(37)33-23(14-19-8-10-21(36)11-9-19)27(38)34-24(15-20-16-31-17-32-20)28(39)35-12-4-7-25(35)29(40)41/h1-3,5-6,8-11,16-17,22-25,36H,4,7,12-15,30H2,(H,31,32)(H,33,37)(H,34,38)(H,40,41). The molecule has 0 aliphatic carbocycles. The molecule has 0 bridgehead atoms. The Morgan fingerprint density at radius 2 is 1.63 bits per heavy atom. The Bertz CT molecular complexity index is 1330. The summed E-state index contributed by atoms with van der Waals surface area (Å²) in [6.45, 7) is 0.257. The lowest BCUT2D eigenvalue weighted by molar-refractivity contribution is -0.149. The molecule has 1 aliphatic rings. The maximum atomic E-state index is 13.7. The van der Waals surface area contributed by atoms with Crippen molar-refractivity contribution in [3.8, 4) is 5.75 Å².